The fourth-order valence-electron chi connectivity index (χ4n) is 1.99. The van der Waals surface area contributed by atoms with Crippen molar-refractivity contribution in [2.75, 3.05) is 6.61 Å². The minimum Gasteiger partial charge on any atom is -0.493 e. The second kappa shape index (κ2) is 6.39. The predicted octanol–water partition coefficient (Wildman–Crippen LogP) is 3.38. The molecular weight excluding hydrogens is 262 g/mol. The standard InChI is InChI=1S/C17H21N3O/c1-11(2)10-21-14-6-4-13(5-7-14)16-9-8-15(17(18)19)12(3)20-16/h4-9,11H,10H2,1-3H3,(H3,18,19). The van der Waals surface area contributed by atoms with Gasteiger partial charge in [-0.3, -0.25) is 10.4 Å². The number of hydrogen-bond acceptors (Lipinski definition) is 3. The van der Waals surface area contributed by atoms with Crippen molar-refractivity contribution < 1.29 is 4.74 Å². The highest BCUT2D eigenvalue weighted by molar-refractivity contribution is 5.96. The summed E-state index contributed by atoms with van der Waals surface area (Å²) in [5.41, 5.74) is 8.84. The summed E-state index contributed by atoms with van der Waals surface area (Å²) in [6.07, 6.45) is 0. The van der Waals surface area contributed by atoms with E-state index in [-0.39, 0.29) is 5.84 Å². The van der Waals surface area contributed by atoms with Crippen LogP contribution in [-0.2, 0) is 0 Å². The normalized spacial score (nSPS) is 10.7. The lowest BCUT2D eigenvalue weighted by Gasteiger charge is -2.10. The van der Waals surface area contributed by atoms with E-state index in [1.807, 2.05) is 43.3 Å². The Balaban J connectivity index is 2.19. The van der Waals surface area contributed by atoms with Crippen LogP contribution in [0.15, 0.2) is 36.4 Å². The van der Waals surface area contributed by atoms with Gasteiger partial charge < -0.3 is 10.5 Å². The molecule has 2 rings (SSSR count). The van der Waals surface area contributed by atoms with Gasteiger partial charge in [0.15, 0.2) is 0 Å². The second-order valence-corrected chi connectivity index (χ2v) is 5.47. The molecule has 0 fully saturated rings. The number of aromatic nitrogens is 1. The molecule has 0 bridgehead atoms. The van der Waals surface area contributed by atoms with Gasteiger partial charge in [0.1, 0.15) is 11.6 Å². The number of pyridine rings is 1. The first-order valence-corrected chi connectivity index (χ1v) is 7.02. The third-order valence-electron chi connectivity index (χ3n) is 3.11. The molecule has 0 spiro atoms. The van der Waals surface area contributed by atoms with E-state index >= 15 is 0 Å². The molecule has 0 amide bonds. The Morgan fingerprint density at radius 1 is 1.19 bits per heavy atom. The maximum absolute atomic E-state index is 7.48. The molecule has 0 saturated heterocycles. The van der Waals surface area contributed by atoms with Crippen LogP contribution >= 0.6 is 0 Å². The maximum Gasteiger partial charge on any atom is 0.124 e. The summed E-state index contributed by atoms with van der Waals surface area (Å²) in [7, 11) is 0. The zero-order chi connectivity index (χ0) is 15.4. The molecule has 1 aromatic heterocycles. The molecule has 21 heavy (non-hydrogen) atoms. The van der Waals surface area contributed by atoms with Crippen LogP contribution < -0.4 is 10.5 Å². The number of rotatable bonds is 5. The Morgan fingerprint density at radius 2 is 1.86 bits per heavy atom. The van der Waals surface area contributed by atoms with E-state index in [1.165, 1.54) is 0 Å². The number of nitrogens with two attached hydrogens (primary N) is 1. The van der Waals surface area contributed by atoms with Crippen molar-refractivity contribution in [2.24, 2.45) is 11.7 Å². The highest BCUT2D eigenvalue weighted by Gasteiger charge is 2.06. The molecule has 0 aliphatic rings. The molecule has 4 heteroatoms. The zero-order valence-electron chi connectivity index (χ0n) is 12.7. The summed E-state index contributed by atoms with van der Waals surface area (Å²) in [6.45, 7) is 6.82. The fourth-order valence-corrected chi connectivity index (χ4v) is 1.99. The molecule has 0 atom stereocenters. The average molecular weight is 283 g/mol. The summed E-state index contributed by atoms with van der Waals surface area (Å²) in [5, 5.41) is 7.48. The van der Waals surface area contributed by atoms with E-state index < -0.39 is 0 Å². The zero-order valence-corrected chi connectivity index (χ0v) is 12.7. The third-order valence-corrected chi connectivity index (χ3v) is 3.11. The number of nitrogens with one attached hydrogen (secondary N) is 1. The van der Waals surface area contributed by atoms with Gasteiger partial charge in [-0.1, -0.05) is 13.8 Å². The molecule has 4 nitrogen and oxygen atoms in total. The number of benzene rings is 1. The van der Waals surface area contributed by atoms with Crippen LogP contribution in [-0.4, -0.2) is 17.4 Å². The van der Waals surface area contributed by atoms with Gasteiger partial charge in [-0.15, -0.1) is 0 Å². The summed E-state index contributed by atoms with van der Waals surface area (Å²) >= 11 is 0. The molecule has 0 unspecified atom stereocenters. The summed E-state index contributed by atoms with van der Waals surface area (Å²) in [4.78, 5) is 4.51. The Hall–Kier alpha value is -2.36. The molecule has 0 aliphatic heterocycles. The minimum atomic E-state index is 0.0454. The first-order valence-electron chi connectivity index (χ1n) is 7.02. The van der Waals surface area contributed by atoms with E-state index in [4.69, 9.17) is 15.9 Å². The van der Waals surface area contributed by atoms with E-state index in [0.29, 0.717) is 18.1 Å². The molecule has 0 saturated carbocycles. The van der Waals surface area contributed by atoms with Crippen LogP contribution in [0.2, 0.25) is 0 Å². The van der Waals surface area contributed by atoms with E-state index in [2.05, 4.69) is 18.8 Å². The van der Waals surface area contributed by atoms with E-state index in [1.54, 1.807) is 0 Å². The number of hydrogen-bond donors (Lipinski definition) is 2. The fraction of sp³-hybridized carbons (Fsp3) is 0.294. The molecular formula is C17H21N3O. The van der Waals surface area contributed by atoms with Gasteiger partial charge >= 0.3 is 0 Å². The van der Waals surface area contributed by atoms with Gasteiger partial charge in [0.2, 0.25) is 0 Å². The number of ether oxygens (including phenoxy) is 1. The molecule has 0 aliphatic carbocycles. The lowest BCUT2D eigenvalue weighted by molar-refractivity contribution is 0.271. The lowest BCUT2D eigenvalue weighted by Crippen LogP contribution is -2.13. The quantitative estimate of drug-likeness (QED) is 0.652. The highest BCUT2D eigenvalue weighted by atomic mass is 16.5. The number of aryl methyl sites for hydroxylation is 1. The van der Waals surface area contributed by atoms with Crippen LogP contribution in [0.4, 0.5) is 0 Å². The van der Waals surface area contributed by atoms with Gasteiger partial charge in [0.25, 0.3) is 0 Å². The number of nitrogen functional groups attached to an aromatic ring is 1. The average Bonchev–Trinajstić information content (AvgIpc) is 2.45. The summed E-state index contributed by atoms with van der Waals surface area (Å²) in [5.74, 6) is 1.42. The van der Waals surface area contributed by atoms with Gasteiger partial charge in [0.05, 0.1) is 12.3 Å². The molecule has 110 valence electrons. The van der Waals surface area contributed by atoms with Crippen LogP contribution in [0, 0.1) is 18.3 Å². The topological polar surface area (TPSA) is 72.0 Å². The molecule has 2 aromatic rings. The molecule has 1 aromatic carbocycles. The SMILES string of the molecule is Cc1nc(-c2ccc(OCC(C)C)cc2)ccc1C(=N)N. The predicted molar refractivity (Wildman–Crippen MR) is 85.8 cm³/mol. The molecule has 0 radical (unpaired) electrons. The van der Waals surface area contributed by atoms with Crippen molar-refractivity contribution in [3.8, 4) is 17.0 Å². The van der Waals surface area contributed by atoms with E-state index in [9.17, 15) is 0 Å². The van der Waals surface area contributed by atoms with Crippen molar-refractivity contribution in [3.63, 3.8) is 0 Å². The number of nitrogens with zero attached hydrogens (tertiary/aromatic N) is 1. The van der Waals surface area contributed by atoms with Crippen LogP contribution in [0.1, 0.15) is 25.1 Å². The van der Waals surface area contributed by atoms with Crippen LogP contribution in [0.3, 0.4) is 0 Å². The largest absolute Gasteiger partial charge is 0.493 e. The van der Waals surface area contributed by atoms with Gasteiger partial charge in [-0.05, 0) is 49.2 Å². The molecule has 1 heterocycles. The first-order chi connectivity index (χ1) is 9.97. The van der Waals surface area contributed by atoms with Crippen molar-refractivity contribution in [1.82, 2.24) is 4.98 Å². The van der Waals surface area contributed by atoms with Gasteiger partial charge in [0, 0.05) is 16.8 Å². The van der Waals surface area contributed by atoms with Crippen molar-refractivity contribution >= 4 is 5.84 Å². The molecule has 3 N–H and O–H groups in total. The minimum absolute atomic E-state index is 0.0454. The lowest BCUT2D eigenvalue weighted by atomic mass is 10.1. The van der Waals surface area contributed by atoms with Crippen LogP contribution in [0.5, 0.6) is 5.75 Å². The Morgan fingerprint density at radius 3 is 2.38 bits per heavy atom. The van der Waals surface area contributed by atoms with Crippen molar-refractivity contribution in [3.05, 3.63) is 47.7 Å². The smallest absolute Gasteiger partial charge is 0.124 e. The van der Waals surface area contributed by atoms with Gasteiger partial charge in [-0.25, -0.2) is 0 Å². The van der Waals surface area contributed by atoms with E-state index in [0.717, 1.165) is 22.7 Å². The second-order valence-electron chi connectivity index (χ2n) is 5.47. The summed E-state index contributed by atoms with van der Waals surface area (Å²) in [6, 6.07) is 11.6. The van der Waals surface area contributed by atoms with Crippen LogP contribution in [0.25, 0.3) is 11.3 Å². The third kappa shape index (κ3) is 3.81. The van der Waals surface area contributed by atoms with Crippen molar-refractivity contribution in [1.29, 1.82) is 5.41 Å². The first kappa shape index (κ1) is 15.0. The number of amidine groups is 1. The van der Waals surface area contributed by atoms with Crippen molar-refractivity contribution in [2.45, 2.75) is 20.8 Å². The van der Waals surface area contributed by atoms with Gasteiger partial charge in [-0.2, -0.15) is 0 Å². The highest BCUT2D eigenvalue weighted by Crippen LogP contribution is 2.22. The monoisotopic (exact) mass is 283 g/mol. The summed E-state index contributed by atoms with van der Waals surface area (Å²) < 4.78 is 5.67. The Kier molecular flexibility index (Phi) is 4.58. The Labute approximate surface area is 125 Å². The Bertz CT molecular complexity index is 633. The maximum atomic E-state index is 7.48.